The number of rotatable bonds is 2. The largest absolute Gasteiger partial charge is 0.443 e. The Labute approximate surface area is 143 Å². The molecule has 0 fully saturated rings. The summed E-state index contributed by atoms with van der Waals surface area (Å²) in [6, 6.07) is 4.71. The summed E-state index contributed by atoms with van der Waals surface area (Å²) in [5.41, 5.74) is -0.490. The highest BCUT2D eigenvalue weighted by molar-refractivity contribution is 14.1. The second-order valence-corrected chi connectivity index (χ2v) is 7.05. The number of benzene rings is 1. The summed E-state index contributed by atoms with van der Waals surface area (Å²) < 4.78 is 20.5. The topological polar surface area (TPSA) is 41.6 Å². The second-order valence-electron chi connectivity index (χ2n) is 5.80. The molecule has 1 unspecified atom stereocenters. The zero-order chi connectivity index (χ0) is 16.3. The molecule has 1 aromatic rings. The zero-order valence-corrected chi connectivity index (χ0v) is 14.8. The van der Waals surface area contributed by atoms with Crippen LogP contribution in [0.15, 0.2) is 42.6 Å². The molecule has 0 saturated heterocycles. The van der Waals surface area contributed by atoms with Crippen LogP contribution in [-0.4, -0.2) is 17.9 Å². The van der Waals surface area contributed by atoms with E-state index in [1.54, 1.807) is 57.3 Å². The lowest BCUT2D eigenvalue weighted by atomic mass is 10.2. The maximum Gasteiger partial charge on any atom is 0.416 e. The van der Waals surface area contributed by atoms with Gasteiger partial charge in [-0.15, -0.1) is 0 Å². The van der Waals surface area contributed by atoms with Crippen molar-refractivity contribution < 1.29 is 13.9 Å². The van der Waals surface area contributed by atoms with Gasteiger partial charge in [0.15, 0.2) is 0 Å². The molecule has 1 heterocycles. The molecule has 0 aromatic heterocycles. The van der Waals surface area contributed by atoms with Crippen molar-refractivity contribution in [2.75, 3.05) is 4.90 Å². The van der Waals surface area contributed by atoms with Crippen LogP contribution in [-0.2, 0) is 4.74 Å². The Balaban J connectivity index is 2.38. The number of hydrogen-bond acceptors (Lipinski definition) is 3. The van der Waals surface area contributed by atoms with Crippen LogP contribution in [0.5, 0.6) is 0 Å². The first-order valence-electron chi connectivity index (χ1n) is 6.84. The average Bonchev–Trinajstić information content (AvgIpc) is 2.41. The number of anilines is 1. The number of hydrogen-bond donors (Lipinski definition) is 1. The Morgan fingerprint density at radius 2 is 2.09 bits per heavy atom. The van der Waals surface area contributed by atoms with Crippen LogP contribution in [0.4, 0.5) is 14.9 Å². The molecular weight excluding hydrogens is 398 g/mol. The third kappa shape index (κ3) is 4.22. The minimum absolute atomic E-state index is 0.173. The van der Waals surface area contributed by atoms with Crippen LogP contribution >= 0.6 is 22.6 Å². The third-order valence-corrected chi connectivity index (χ3v) is 3.48. The van der Waals surface area contributed by atoms with Crippen molar-refractivity contribution in [1.82, 2.24) is 5.32 Å². The fraction of sp³-hybridized carbons (Fsp3) is 0.312. The fourth-order valence-electron chi connectivity index (χ4n) is 1.94. The molecule has 118 valence electrons. The molecule has 2 rings (SSSR count). The molecule has 6 heteroatoms. The van der Waals surface area contributed by atoms with Crippen molar-refractivity contribution >= 4 is 34.4 Å². The van der Waals surface area contributed by atoms with Gasteiger partial charge in [-0.25, -0.2) is 9.18 Å². The average molecular weight is 416 g/mol. The molecule has 1 N–H and O–H groups in total. The maximum atomic E-state index is 14.3. The predicted molar refractivity (Wildman–Crippen MR) is 93.0 cm³/mol. The van der Waals surface area contributed by atoms with Crippen LogP contribution in [0.1, 0.15) is 20.8 Å². The molecule has 0 saturated carbocycles. The van der Waals surface area contributed by atoms with Gasteiger partial charge < -0.3 is 10.1 Å². The molecule has 1 atom stereocenters. The number of nitrogens with zero attached hydrogens (tertiary/aromatic N) is 1. The van der Waals surface area contributed by atoms with E-state index in [1.165, 1.54) is 11.0 Å². The lowest BCUT2D eigenvalue weighted by Crippen LogP contribution is -2.49. The third-order valence-electron chi connectivity index (χ3n) is 2.81. The molecule has 1 aromatic carbocycles. The van der Waals surface area contributed by atoms with Gasteiger partial charge in [0.1, 0.15) is 17.6 Å². The van der Waals surface area contributed by atoms with Gasteiger partial charge in [-0.05, 0) is 79.9 Å². The number of dihydropyridines is 1. The molecule has 0 bridgehead atoms. The lowest BCUT2D eigenvalue weighted by molar-refractivity contribution is 0.0567. The van der Waals surface area contributed by atoms with Crippen molar-refractivity contribution in [3.05, 3.63) is 52.0 Å². The van der Waals surface area contributed by atoms with Crippen LogP contribution in [0.25, 0.3) is 0 Å². The normalized spacial score (nSPS) is 17.0. The van der Waals surface area contributed by atoms with Crippen LogP contribution in [0, 0.1) is 9.39 Å². The van der Waals surface area contributed by atoms with Gasteiger partial charge in [-0.3, -0.25) is 4.90 Å². The smallest absolute Gasteiger partial charge is 0.416 e. The van der Waals surface area contributed by atoms with Crippen molar-refractivity contribution in [3.8, 4) is 0 Å². The number of carbonyl (C=O) groups is 1. The standard InChI is InChI=1S/C16H18FIN2O2/c1-16(2,3)22-15(21)20(14-6-4-5-9-19-14)13-8-7-11(18)10-12(13)17/h4-10,14,19H,1-3H3. The Hall–Kier alpha value is -1.57. The van der Waals surface area contributed by atoms with E-state index < -0.39 is 23.7 Å². The molecule has 0 aliphatic carbocycles. The molecule has 4 nitrogen and oxygen atoms in total. The van der Waals surface area contributed by atoms with E-state index in [1.807, 2.05) is 22.6 Å². The molecular formula is C16H18FIN2O2. The van der Waals surface area contributed by atoms with Crippen LogP contribution < -0.4 is 10.2 Å². The zero-order valence-electron chi connectivity index (χ0n) is 12.6. The number of halogens is 2. The van der Waals surface area contributed by atoms with E-state index in [2.05, 4.69) is 5.32 Å². The Bertz CT molecular complexity index is 623. The summed E-state index contributed by atoms with van der Waals surface area (Å²) in [5, 5.41) is 3.02. The van der Waals surface area contributed by atoms with Crippen LogP contribution in [0.2, 0.25) is 0 Å². The predicted octanol–water partition coefficient (Wildman–Crippen LogP) is 4.17. The first-order valence-corrected chi connectivity index (χ1v) is 7.92. The number of nitrogens with one attached hydrogen (secondary N) is 1. The van der Waals surface area contributed by atoms with Gasteiger partial charge >= 0.3 is 6.09 Å². The highest BCUT2D eigenvalue weighted by atomic mass is 127. The quantitative estimate of drug-likeness (QED) is 0.736. The fourth-order valence-corrected chi connectivity index (χ4v) is 2.40. The van der Waals surface area contributed by atoms with Gasteiger partial charge in [0, 0.05) is 3.57 Å². The summed E-state index contributed by atoms with van der Waals surface area (Å²) in [6.45, 7) is 5.33. The van der Waals surface area contributed by atoms with Crippen molar-refractivity contribution in [1.29, 1.82) is 0 Å². The summed E-state index contributed by atoms with van der Waals surface area (Å²) >= 11 is 2.02. The molecule has 0 radical (unpaired) electrons. The SMILES string of the molecule is CC(C)(C)OC(=O)N(c1ccc(I)cc1F)C1C=CC=CN1. The summed E-state index contributed by atoms with van der Waals surface area (Å²) in [4.78, 5) is 13.8. The first kappa shape index (κ1) is 16.8. The molecule has 22 heavy (non-hydrogen) atoms. The number of allylic oxidation sites excluding steroid dienone is 2. The summed E-state index contributed by atoms with van der Waals surface area (Å²) in [7, 11) is 0. The highest BCUT2D eigenvalue weighted by Crippen LogP contribution is 2.26. The van der Waals surface area contributed by atoms with E-state index in [0.29, 0.717) is 0 Å². The Morgan fingerprint density at radius 3 is 2.64 bits per heavy atom. The van der Waals surface area contributed by atoms with Gasteiger partial charge in [0.25, 0.3) is 0 Å². The maximum absolute atomic E-state index is 14.3. The molecule has 0 spiro atoms. The summed E-state index contributed by atoms with van der Waals surface area (Å²) in [5.74, 6) is -0.470. The van der Waals surface area contributed by atoms with E-state index in [9.17, 15) is 9.18 Å². The van der Waals surface area contributed by atoms with Crippen molar-refractivity contribution in [2.45, 2.75) is 32.5 Å². The van der Waals surface area contributed by atoms with Crippen molar-refractivity contribution in [2.24, 2.45) is 0 Å². The van der Waals surface area contributed by atoms with Gasteiger partial charge in [-0.2, -0.15) is 0 Å². The highest BCUT2D eigenvalue weighted by Gasteiger charge is 2.30. The summed E-state index contributed by atoms with van der Waals surface area (Å²) in [6.07, 6.45) is 5.95. The molecule has 1 aliphatic rings. The Kier molecular flexibility index (Phi) is 5.10. The van der Waals surface area contributed by atoms with E-state index in [4.69, 9.17) is 4.74 Å². The van der Waals surface area contributed by atoms with E-state index in [0.717, 1.165) is 3.57 Å². The second kappa shape index (κ2) is 6.68. The number of amides is 1. The number of carbonyl (C=O) groups excluding carboxylic acids is 1. The van der Waals surface area contributed by atoms with E-state index in [-0.39, 0.29) is 5.69 Å². The molecule has 1 amide bonds. The Morgan fingerprint density at radius 1 is 1.36 bits per heavy atom. The molecule has 1 aliphatic heterocycles. The van der Waals surface area contributed by atoms with Crippen LogP contribution in [0.3, 0.4) is 0 Å². The lowest BCUT2D eigenvalue weighted by Gasteiger charge is -2.33. The van der Waals surface area contributed by atoms with Gasteiger partial charge in [-0.1, -0.05) is 6.08 Å². The first-order chi connectivity index (χ1) is 10.3. The monoisotopic (exact) mass is 416 g/mol. The van der Waals surface area contributed by atoms with Gasteiger partial charge in [0.05, 0.1) is 5.69 Å². The van der Waals surface area contributed by atoms with Crippen molar-refractivity contribution in [3.63, 3.8) is 0 Å². The number of ether oxygens (including phenoxy) is 1. The van der Waals surface area contributed by atoms with E-state index >= 15 is 0 Å². The van der Waals surface area contributed by atoms with Gasteiger partial charge in [0.2, 0.25) is 0 Å². The minimum Gasteiger partial charge on any atom is -0.443 e. The minimum atomic E-state index is -0.663.